The van der Waals surface area contributed by atoms with Crippen LogP contribution in [-0.2, 0) is 4.74 Å². The SMILES string of the molecule is [B]c1cn2c(c(OCCCC)c1=O)C(=O)N(CCOC)C[C@@H]2C(c1ccccc1)c1ccccc1. The van der Waals surface area contributed by atoms with E-state index in [-0.39, 0.29) is 34.8 Å². The standard InChI is InChI=1S/C28H31BN2O4/c1-3-4-16-35-27-25-28(33)30(15-17-34-2)19-23(31(25)18-22(29)26(27)32)24(20-11-7-5-8-12-20)21-13-9-6-10-14-21/h5-14,18,23-24H,3-4,15-17,19H2,1-2H3/t23-/m1/s1. The van der Waals surface area contributed by atoms with Crippen molar-refractivity contribution in [2.24, 2.45) is 0 Å². The van der Waals surface area contributed by atoms with Crippen LogP contribution in [0.5, 0.6) is 5.75 Å². The Bertz CT molecular complexity index is 1160. The minimum absolute atomic E-state index is 0.0374. The van der Waals surface area contributed by atoms with Gasteiger partial charge in [0.1, 0.15) is 7.85 Å². The fourth-order valence-corrected chi connectivity index (χ4v) is 4.71. The second kappa shape index (κ2) is 11.4. The van der Waals surface area contributed by atoms with Gasteiger partial charge in [-0.05, 0) is 23.0 Å². The van der Waals surface area contributed by atoms with Crippen molar-refractivity contribution in [3.63, 3.8) is 0 Å². The fraction of sp³-hybridized carbons (Fsp3) is 0.357. The molecular formula is C28H31BN2O4. The lowest BCUT2D eigenvalue weighted by atomic mass is 9.83. The Balaban J connectivity index is 1.92. The Morgan fingerprint density at radius 1 is 1.00 bits per heavy atom. The predicted octanol–water partition coefficient (Wildman–Crippen LogP) is 3.30. The van der Waals surface area contributed by atoms with Crippen molar-refractivity contribution in [2.75, 3.05) is 33.4 Å². The molecule has 1 aliphatic heterocycles. The number of hydrogen-bond acceptors (Lipinski definition) is 4. The summed E-state index contributed by atoms with van der Waals surface area (Å²) in [5, 5.41) is 0. The van der Waals surface area contributed by atoms with Gasteiger partial charge in [0.15, 0.2) is 11.4 Å². The molecule has 0 saturated carbocycles. The van der Waals surface area contributed by atoms with Crippen LogP contribution in [0, 0.1) is 0 Å². The highest BCUT2D eigenvalue weighted by molar-refractivity contribution is 6.32. The van der Waals surface area contributed by atoms with Gasteiger partial charge < -0.3 is 18.9 Å². The molecule has 0 spiro atoms. The van der Waals surface area contributed by atoms with Crippen LogP contribution in [0.15, 0.2) is 71.7 Å². The van der Waals surface area contributed by atoms with Gasteiger partial charge in [0.05, 0.1) is 19.3 Å². The van der Waals surface area contributed by atoms with Crippen LogP contribution in [0.25, 0.3) is 0 Å². The number of unbranched alkanes of at least 4 members (excludes halogenated alkanes) is 1. The smallest absolute Gasteiger partial charge is 0.274 e. The quantitative estimate of drug-likeness (QED) is 0.337. The van der Waals surface area contributed by atoms with Gasteiger partial charge in [-0.3, -0.25) is 9.59 Å². The molecular weight excluding hydrogens is 439 g/mol. The van der Waals surface area contributed by atoms with Crippen molar-refractivity contribution in [1.82, 2.24) is 9.47 Å². The van der Waals surface area contributed by atoms with Crippen LogP contribution in [0.1, 0.15) is 53.3 Å². The van der Waals surface area contributed by atoms with Crippen LogP contribution in [0.4, 0.5) is 0 Å². The number of pyridine rings is 1. The topological polar surface area (TPSA) is 60.8 Å². The lowest BCUT2D eigenvalue weighted by molar-refractivity contribution is 0.0580. The third kappa shape index (κ3) is 5.20. The van der Waals surface area contributed by atoms with E-state index in [1.807, 2.05) is 47.9 Å². The van der Waals surface area contributed by atoms with E-state index in [2.05, 4.69) is 24.3 Å². The minimum atomic E-state index is -0.441. The first-order valence-electron chi connectivity index (χ1n) is 12.1. The number of benzene rings is 2. The average Bonchev–Trinajstić information content (AvgIpc) is 2.88. The summed E-state index contributed by atoms with van der Waals surface area (Å²) < 4.78 is 13.1. The van der Waals surface area contributed by atoms with E-state index < -0.39 is 5.43 Å². The van der Waals surface area contributed by atoms with Crippen LogP contribution in [-0.4, -0.2) is 56.6 Å². The Hall–Kier alpha value is -3.32. The third-order valence-electron chi connectivity index (χ3n) is 6.49. The van der Waals surface area contributed by atoms with E-state index in [1.54, 1.807) is 18.2 Å². The molecule has 2 radical (unpaired) electrons. The molecule has 2 aromatic carbocycles. The maximum Gasteiger partial charge on any atom is 0.274 e. The first-order chi connectivity index (χ1) is 17.1. The molecule has 35 heavy (non-hydrogen) atoms. The molecule has 1 amide bonds. The van der Waals surface area contributed by atoms with Gasteiger partial charge in [-0.15, -0.1) is 0 Å². The Morgan fingerprint density at radius 2 is 1.63 bits per heavy atom. The van der Waals surface area contributed by atoms with Gasteiger partial charge >= 0.3 is 0 Å². The molecule has 1 aromatic heterocycles. The number of rotatable bonds is 10. The molecule has 7 heteroatoms. The number of carbonyl (C=O) groups is 1. The summed E-state index contributed by atoms with van der Waals surface area (Å²) in [6, 6.07) is 20.2. The highest BCUT2D eigenvalue weighted by atomic mass is 16.5. The van der Waals surface area contributed by atoms with E-state index in [0.29, 0.717) is 26.3 Å². The van der Waals surface area contributed by atoms with E-state index in [9.17, 15) is 9.59 Å². The Labute approximate surface area is 207 Å². The van der Waals surface area contributed by atoms with E-state index in [1.165, 1.54) is 0 Å². The molecule has 6 nitrogen and oxygen atoms in total. The first-order valence-corrected chi connectivity index (χ1v) is 12.1. The number of aromatic nitrogens is 1. The van der Waals surface area contributed by atoms with Crippen molar-refractivity contribution < 1.29 is 14.3 Å². The largest absolute Gasteiger partial charge is 0.487 e. The lowest BCUT2D eigenvalue weighted by Gasteiger charge is -2.41. The number of nitrogens with zero attached hydrogens (tertiary/aromatic N) is 2. The molecule has 1 atom stereocenters. The van der Waals surface area contributed by atoms with Crippen molar-refractivity contribution >= 4 is 19.2 Å². The van der Waals surface area contributed by atoms with Gasteiger partial charge in [-0.1, -0.05) is 74.0 Å². The van der Waals surface area contributed by atoms with Crippen LogP contribution in [0.2, 0.25) is 0 Å². The average molecular weight is 470 g/mol. The number of amides is 1. The van der Waals surface area contributed by atoms with Gasteiger partial charge in [0.2, 0.25) is 5.43 Å². The van der Waals surface area contributed by atoms with Gasteiger partial charge in [0, 0.05) is 32.3 Å². The van der Waals surface area contributed by atoms with Crippen molar-refractivity contribution in [2.45, 2.75) is 31.7 Å². The van der Waals surface area contributed by atoms with Crippen LogP contribution in [0.3, 0.4) is 0 Å². The zero-order valence-corrected chi connectivity index (χ0v) is 20.4. The van der Waals surface area contributed by atoms with Gasteiger partial charge in [-0.2, -0.15) is 0 Å². The summed E-state index contributed by atoms with van der Waals surface area (Å²) in [5.74, 6) is -0.295. The van der Waals surface area contributed by atoms with E-state index in [4.69, 9.17) is 17.3 Å². The summed E-state index contributed by atoms with van der Waals surface area (Å²) in [5.41, 5.74) is 2.11. The summed E-state index contributed by atoms with van der Waals surface area (Å²) in [6.45, 7) is 3.64. The molecule has 0 fully saturated rings. The fourth-order valence-electron chi connectivity index (χ4n) is 4.71. The number of methoxy groups -OCH3 is 1. The highest BCUT2D eigenvalue weighted by Gasteiger charge is 2.39. The molecule has 1 aliphatic rings. The molecule has 0 unspecified atom stereocenters. The summed E-state index contributed by atoms with van der Waals surface area (Å²) in [7, 11) is 7.80. The molecule has 2 heterocycles. The van der Waals surface area contributed by atoms with Crippen molar-refractivity contribution in [1.29, 1.82) is 0 Å². The number of carbonyl (C=O) groups excluding carboxylic acids is 1. The molecule has 4 rings (SSSR count). The molecule has 0 N–H and O–H groups in total. The number of fused-ring (bicyclic) bond motifs is 1. The second-order valence-corrected chi connectivity index (χ2v) is 8.81. The van der Waals surface area contributed by atoms with Crippen molar-refractivity contribution in [3.8, 4) is 5.75 Å². The lowest BCUT2D eigenvalue weighted by Crippen LogP contribution is -2.49. The molecule has 0 bridgehead atoms. The Kier molecular flexibility index (Phi) is 8.08. The molecule has 3 aromatic rings. The van der Waals surface area contributed by atoms with E-state index in [0.717, 1.165) is 24.0 Å². The van der Waals surface area contributed by atoms with Crippen LogP contribution < -0.4 is 15.6 Å². The Morgan fingerprint density at radius 3 is 2.20 bits per heavy atom. The predicted molar refractivity (Wildman–Crippen MR) is 138 cm³/mol. The van der Waals surface area contributed by atoms with E-state index >= 15 is 0 Å². The zero-order valence-electron chi connectivity index (χ0n) is 20.4. The van der Waals surface area contributed by atoms with Gasteiger partial charge in [-0.25, -0.2) is 0 Å². The number of hydrogen-bond donors (Lipinski definition) is 0. The molecule has 0 aliphatic carbocycles. The third-order valence-corrected chi connectivity index (χ3v) is 6.49. The van der Waals surface area contributed by atoms with Gasteiger partial charge in [0.25, 0.3) is 5.91 Å². The first kappa shape index (κ1) is 24.8. The maximum atomic E-state index is 13.7. The van der Waals surface area contributed by atoms with Crippen molar-refractivity contribution in [3.05, 3.63) is 93.9 Å². The summed E-state index contributed by atoms with van der Waals surface area (Å²) in [4.78, 5) is 28.5. The second-order valence-electron chi connectivity index (χ2n) is 8.81. The summed E-state index contributed by atoms with van der Waals surface area (Å²) in [6.07, 6.45) is 3.29. The number of ether oxygens (including phenoxy) is 2. The monoisotopic (exact) mass is 470 g/mol. The highest BCUT2D eigenvalue weighted by Crippen LogP contribution is 2.39. The minimum Gasteiger partial charge on any atom is -0.487 e. The molecule has 180 valence electrons. The maximum absolute atomic E-state index is 13.7. The summed E-state index contributed by atoms with van der Waals surface area (Å²) >= 11 is 0. The normalized spacial score (nSPS) is 15.3. The zero-order chi connectivity index (χ0) is 24.8. The van der Waals surface area contributed by atoms with Crippen LogP contribution >= 0.6 is 0 Å². The molecule has 0 saturated heterocycles.